The Morgan fingerprint density at radius 3 is 2.28 bits per heavy atom. The zero-order chi connectivity index (χ0) is 16.8. The first-order valence-corrected chi connectivity index (χ1v) is 7.92. The van der Waals surface area contributed by atoms with Crippen molar-refractivity contribution < 1.29 is 4.84 Å². The highest BCUT2D eigenvalue weighted by Crippen LogP contribution is 2.24. The van der Waals surface area contributed by atoms with Gasteiger partial charge in [-0.1, -0.05) is 60.7 Å². The van der Waals surface area contributed by atoms with Crippen LogP contribution in [0.2, 0.25) is 0 Å². The van der Waals surface area contributed by atoms with Crippen molar-refractivity contribution in [1.82, 2.24) is 5.06 Å². The summed E-state index contributed by atoms with van der Waals surface area (Å²) in [7, 11) is 0. The maximum atomic E-state index is 5.98. The number of guanidine groups is 2. The van der Waals surface area contributed by atoms with Crippen LogP contribution in [0.15, 0.2) is 70.6 Å². The Balaban J connectivity index is 0.00000225. The minimum absolute atomic E-state index is 0. The third-order valence-electron chi connectivity index (χ3n) is 3.71. The van der Waals surface area contributed by atoms with Gasteiger partial charge in [-0.2, -0.15) is 10.1 Å². The molecule has 4 N–H and O–H groups in total. The number of nitrogens with zero attached hydrogens (tertiary/aromatic N) is 3. The number of hydrogen-bond acceptors (Lipinski definition) is 6. The number of aryl methyl sites for hydroxylation is 1. The van der Waals surface area contributed by atoms with E-state index in [1.807, 2.05) is 48.5 Å². The maximum Gasteiger partial charge on any atom is 0.226 e. The number of hydroxylamine groups is 2. The summed E-state index contributed by atoms with van der Waals surface area (Å²) >= 11 is 0. The molecule has 0 spiro atoms. The number of nitrogens with two attached hydrogens (primary N) is 2. The lowest BCUT2D eigenvalue weighted by Crippen LogP contribution is -2.44. The molecule has 7 heteroatoms. The second-order valence-electron chi connectivity index (χ2n) is 5.49. The van der Waals surface area contributed by atoms with Gasteiger partial charge in [-0.15, -0.1) is 17.0 Å². The lowest BCUT2D eigenvalue weighted by molar-refractivity contribution is -0.130. The van der Waals surface area contributed by atoms with E-state index < -0.39 is 6.17 Å². The van der Waals surface area contributed by atoms with Gasteiger partial charge in [-0.3, -0.25) is 4.84 Å². The van der Waals surface area contributed by atoms with Crippen LogP contribution in [0.25, 0.3) is 0 Å². The number of halogens is 1. The average Bonchev–Trinajstić information content (AvgIpc) is 2.61. The van der Waals surface area contributed by atoms with Crippen molar-refractivity contribution in [3.8, 4) is 0 Å². The fraction of sp³-hybridized carbons (Fsp3) is 0.222. The molecule has 6 nitrogen and oxygen atoms in total. The van der Waals surface area contributed by atoms with E-state index in [-0.39, 0.29) is 28.9 Å². The topological polar surface area (TPSA) is 89.2 Å². The molecule has 2 aromatic carbocycles. The minimum Gasteiger partial charge on any atom is -0.368 e. The standard InChI is InChI=1S/C18H21N5O.BrH/c19-17-21-16(15-11-5-2-6-12-15)23(18(20)22-17)24-13-7-10-14-8-3-1-4-9-14;/h1-6,8-9,11-12,16H,7,10,13H2,(H4,19,20,21,22);1H. The van der Waals surface area contributed by atoms with E-state index in [9.17, 15) is 0 Å². The molecule has 0 amide bonds. The summed E-state index contributed by atoms with van der Waals surface area (Å²) in [6.07, 6.45) is 1.39. The van der Waals surface area contributed by atoms with Gasteiger partial charge in [0.15, 0.2) is 6.17 Å². The normalized spacial score (nSPS) is 16.6. The van der Waals surface area contributed by atoms with Crippen LogP contribution in [0.1, 0.15) is 23.7 Å². The fourth-order valence-corrected chi connectivity index (χ4v) is 2.55. The van der Waals surface area contributed by atoms with E-state index >= 15 is 0 Å². The lowest BCUT2D eigenvalue weighted by Gasteiger charge is -2.31. The first kappa shape index (κ1) is 19.0. The van der Waals surface area contributed by atoms with Gasteiger partial charge < -0.3 is 11.5 Å². The molecule has 0 saturated carbocycles. The first-order valence-electron chi connectivity index (χ1n) is 7.92. The molecule has 3 rings (SSSR count). The molecule has 1 unspecified atom stereocenters. The smallest absolute Gasteiger partial charge is 0.226 e. The van der Waals surface area contributed by atoms with Crippen molar-refractivity contribution in [3.05, 3.63) is 71.8 Å². The number of aliphatic imine (C=N–C) groups is 2. The van der Waals surface area contributed by atoms with Crippen molar-refractivity contribution in [3.63, 3.8) is 0 Å². The Kier molecular flexibility index (Phi) is 6.97. The van der Waals surface area contributed by atoms with Crippen LogP contribution in [-0.2, 0) is 11.3 Å². The molecular formula is C18H22BrN5O. The van der Waals surface area contributed by atoms with Crippen LogP contribution in [-0.4, -0.2) is 23.6 Å². The van der Waals surface area contributed by atoms with E-state index in [4.69, 9.17) is 16.3 Å². The van der Waals surface area contributed by atoms with E-state index in [0.717, 1.165) is 18.4 Å². The highest BCUT2D eigenvalue weighted by molar-refractivity contribution is 8.93. The van der Waals surface area contributed by atoms with Crippen molar-refractivity contribution in [2.24, 2.45) is 21.5 Å². The Bertz CT molecular complexity index is 721. The van der Waals surface area contributed by atoms with Gasteiger partial charge in [-0.25, -0.2) is 4.99 Å². The zero-order valence-electron chi connectivity index (χ0n) is 13.8. The van der Waals surface area contributed by atoms with E-state index in [1.54, 1.807) is 0 Å². The molecular weight excluding hydrogens is 382 g/mol. The SMILES string of the molecule is Br.NC1=NC(c2ccccc2)N(OCCCc2ccccc2)C(N)=N1. The molecule has 0 aliphatic carbocycles. The molecule has 0 bridgehead atoms. The van der Waals surface area contributed by atoms with Crippen molar-refractivity contribution >= 4 is 28.9 Å². The summed E-state index contributed by atoms with van der Waals surface area (Å²) in [6, 6.07) is 20.0. The predicted molar refractivity (Wildman–Crippen MR) is 105 cm³/mol. The van der Waals surface area contributed by atoms with Gasteiger partial charge in [0, 0.05) is 0 Å². The van der Waals surface area contributed by atoms with Crippen LogP contribution in [0.3, 0.4) is 0 Å². The lowest BCUT2D eigenvalue weighted by atomic mass is 10.1. The Morgan fingerprint density at radius 2 is 1.60 bits per heavy atom. The summed E-state index contributed by atoms with van der Waals surface area (Å²) in [5, 5.41) is 1.52. The quantitative estimate of drug-likeness (QED) is 0.725. The van der Waals surface area contributed by atoms with Crippen LogP contribution >= 0.6 is 17.0 Å². The number of rotatable bonds is 6. The van der Waals surface area contributed by atoms with Gasteiger partial charge in [0.25, 0.3) is 0 Å². The van der Waals surface area contributed by atoms with Crippen LogP contribution in [0.4, 0.5) is 0 Å². The van der Waals surface area contributed by atoms with Crippen LogP contribution < -0.4 is 11.5 Å². The number of hydrogen-bond donors (Lipinski definition) is 2. The largest absolute Gasteiger partial charge is 0.368 e. The van der Waals surface area contributed by atoms with Crippen LogP contribution in [0.5, 0.6) is 0 Å². The van der Waals surface area contributed by atoms with Crippen molar-refractivity contribution in [1.29, 1.82) is 0 Å². The predicted octanol–water partition coefficient (Wildman–Crippen LogP) is 2.77. The molecule has 0 aromatic heterocycles. The molecule has 132 valence electrons. The van der Waals surface area contributed by atoms with Gasteiger partial charge in [0.05, 0.1) is 6.61 Å². The number of benzene rings is 2. The average molecular weight is 404 g/mol. The second-order valence-corrected chi connectivity index (χ2v) is 5.49. The highest BCUT2D eigenvalue weighted by atomic mass is 79.9. The highest BCUT2D eigenvalue weighted by Gasteiger charge is 2.26. The summed E-state index contributed by atoms with van der Waals surface area (Å²) < 4.78 is 0. The van der Waals surface area contributed by atoms with E-state index in [0.29, 0.717) is 6.61 Å². The molecule has 2 aromatic rings. The molecule has 0 saturated heterocycles. The third kappa shape index (κ3) is 5.04. The molecule has 0 radical (unpaired) electrons. The van der Waals surface area contributed by atoms with Gasteiger partial charge in [0.1, 0.15) is 0 Å². The summed E-state index contributed by atoms with van der Waals surface area (Å²) in [5.41, 5.74) is 14.0. The summed E-state index contributed by atoms with van der Waals surface area (Å²) in [4.78, 5) is 14.2. The molecule has 1 atom stereocenters. The van der Waals surface area contributed by atoms with Crippen molar-refractivity contribution in [2.45, 2.75) is 19.0 Å². The molecule has 1 aliphatic heterocycles. The Morgan fingerprint density at radius 1 is 0.960 bits per heavy atom. The van der Waals surface area contributed by atoms with E-state index in [1.165, 1.54) is 10.6 Å². The van der Waals surface area contributed by atoms with Gasteiger partial charge in [-0.05, 0) is 24.0 Å². The molecule has 1 aliphatic rings. The van der Waals surface area contributed by atoms with Gasteiger partial charge in [0.2, 0.25) is 11.9 Å². The Labute approximate surface area is 157 Å². The second kappa shape index (κ2) is 9.19. The minimum atomic E-state index is -0.416. The van der Waals surface area contributed by atoms with E-state index in [2.05, 4.69) is 22.1 Å². The Hall–Kier alpha value is -2.38. The molecule has 1 heterocycles. The summed E-state index contributed by atoms with van der Waals surface area (Å²) in [6.45, 7) is 0.518. The third-order valence-corrected chi connectivity index (χ3v) is 3.71. The molecule has 25 heavy (non-hydrogen) atoms. The maximum absolute atomic E-state index is 5.98. The molecule has 0 fully saturated rings. The summed E-state index contributed by atoms with van der Waals surface area (Å²) in [5.74, 6) is 0.376. The van der Waals surface area contributed by atoms with Crippen molar-refractivity contribution in [2.75, 3.05) is 6.61 Å². The van der Waals surface area contributed by atoms with Crippen LogP contribution in [0, 0.1) is 0 Å². The first-order chi connectivity index (χ1) is 11.7. The zero-order valence-corrected chi connectivity index (χ0v) is 15.5. The van der Waals surface area contributed by atoms with Gasteiger partial charge >= 0.3 is 0 Å². The monoisotopic (exact) mass is 403 g/mol. The fourth-order valence-electron chi connectivity index (χ4n) is 2.55.